The third-order valence-electron chi connectivity index (χ3n) is 5.04. The number of benzene rings is 1. The molecular weight excluding hydrogens is 470 g/mol. The Morgan fingerprint density at radius 1 is 0.943 bits per heavy atom. The van der Waals surface area contributed by atoms with Gasteiger partial charge in [-0.3, -0.25) is 4.79 Å². The van der Waals surface area contributed by atoms with Crippen LogP contribution >= 0.6 is 11.3 Å². The largest absolute Gasteiger partial charge is 0.486 e. The highest BCUT2D eigenvalue weighted by molar-refractivity contribution is 7.18. The van der Waals surface area contributed by atoms with Crippen LogP contribution in [0.1, 0.15) is 74.7 Å². The molecule has 1 N–H and O–H groups in total. The van der Waals surface area contributed by atoms with Crippen LogP contribution in [-0.2, 0) is 22.5 Å². The third-order valence-corrected chi connectivity index (χ3v) is 6.23. The van der Waals surface area contributed by atoms with Crippen molar-refractivity contribution in [2.75, 3.05) is 18.5 Å². The average Bonchev–Trinajstić information content (AvgIpc) is 3.44. The lowest BCUT2D eigenvalue weighted by Gasteiger charge is -2.06. The van der Waals surface area contributed by atoms with Crippen molar-refractivity contribution >= 4 is 34.2 Å². The van der Waals surface area contributed by atoms with E-state index in [1.807, 2.05) is 24.3 Å². The molecule has 9 heteroatoms. The van der Waals surface area contributed by atoms with Crippen LogP contribution in [0.4, 0.5) is 5.00 Å². The molecule has 2 aromatic heterocycles. The molecule has 0 aliphatic rings. The normalized spacial score (nSPS) is 10.6. The summed E-state index contributed by atoms with van der Waals surface area (Å²) in [6.07, 6.45) is 2.09. The molecule has 1 amide bonds. The zero-order valence-electron chi connectivity index (χ0n) is 20.3. The predicted molar refractivity (Wildman–Crippen MR) is 132 cm³/mol. The Bertz CT molecular complexity index is 1180. The molecule has 2 heterocycles. The first-order chi connectivity index (χ1) is 16.9. The molecule has 186 valence electrons. The smallest absolute Gasteiger partial charge is 0.348 e. The van der Waals surface area contributed by atoms with Crippen LogP contribution in [0.25, 0.3) is 0 Å². The number of hydrogen-bond acceptors (Lipinski definition) is 8. The number of anilines is 1. The quantitative estimate of drug-likeness (QED) is 0.333. The van der Waals surface area contributed by atoms with Gasteiger partial charge in [0.2, 0.25) is 0 Å². The van der Waals surface area contributed by atoms with E-state index in [1.165, 1.54) is 11.6 Å². The second-order valence-electron chi connectivity index (χ2n) is 7.60. The Balaban J connectivity index is 1.72. The number of amides is 1. The Hall–Kier alpha value is -3.59. The maximum atomic E-state index is 12.8. The fourth-order valence-corrected chi connectivity index (χ4v) is 4.46. The first-order valence-electron chi connectivity index (χ1n) is 11.5. The van der Waals surface area contributed by atoms with Gasteiger partial charge in [-0.2, -0.15) is 0 Å². The minimum absolute atomic E-state index is 0.0421. The van der Waals surface area contributed by atoms with Gasteiger partial charge in [0.25, 0.3) is 5.91 Å². The van der Waals surface area contributed by atoms with Crippen LogP contribution in [0.5, 0.6) is 5.75 Å². The van der Waals surface area contributed by atoms with Crippen LogP contribution in [0.15, 0.2) is 40.8 Å². The van der Waals surface area contributed by atoms with Gasteiger partial charge in [-0.1, -0.05) is 25.5 Å². The van der Waals surface area contributed by atoms with Gasteiger partial charge in [-0.25, -0.2) is 9.59 Å². The second kappa shape index (κ2) is 12.2. The number of carbonyl (C=O) groups excluding carboxylic acids is 3. The molecule has 0 radical (unpaired) electrons. The van der Waals surface area contributed by atoms with Crippen molar-refractivity contribution in [1.29, 1.82) is 0 Å². The molecule has 0 atom stereocenters. The molecule has 3 aromatic rings. The number of nitrogens with one attached hydrogen (secondary N) is 1. The highest BCUT2D eigenvalue weighted by Gasteiger charge is 2.28. The number of thiophene rings is 1. The lowest BCUT2D eigenvalue weighted by atomic mass is 10.1. The van der Waals surface area contributed by atoms with Crippen LogP contribution < -0.4 is 10.1 Å². The number of furan rings is 1. The maximum absolute atomic E-state index is 12.8. The molecule has 8 nitrogen and oxygen atoms in total. The summed E-state index contributed by atoms with van der Waals surface area (Å²) in [7, 11) is 0. The lowest BCUT2D eigenvalue weighted by Crippen LogP contribution is -2.14. The summed E-state index contributed by atoms with van der Waals surface area (Å²) >= 11 is 0.957. The van der Waals surface area contributed by atoms with Crippen LogP contribution in [0, 0.1) is 6.92 Å². The fourth-order valence-electron chi connectivity index (χ4n) is 3.38. The van der Waals surface area contributed by atoms with Crippen molar-refractivity contribution in [3.63, 3.8) is 0 Å². The van der Waals surface area contributed by atoms with Gasteiger partial charge < -0.3 is 23.9 Å². The van der Waals surface area contributed by atoms with E-state index in [4.69, 9.17) is 18.6 Å². The van der Waals surface area contributed by atoms with Crippen molar-refractivity contribution < 1.29 is 33.0 Å². The zero-order valence-corrected chi connectivity index (χ0v) is 21.1. The second-order valence-corrected chi connectivity index (χ2v) is 8.62. The van der Waals surface area contributed by atoms with Crippen molar-refractivity contribution in [1.82, 2.24) is 0 Å². The summed E-state index contributed by atoms with van der Waals surface area (Å²) < 4.78 is 21.6. The summed E-state index contributed by atoms with van der Waals surface area (Å²) in [5, 5.41) is 2.86. The molecule has 0 saturated carbocycles. The SMILES string of the molecule is CCCc1ccc(OCc2ccc(C(=O)Nc3sc(C(=O)OCC)c(C)c3C(=O)OCC)o2)cc1. The number of carbonyl (C=O) groups is 3. The van der Waals surface area contributed by atoms with Gasteiger partial charge >= 0.3 is 11.9 Å². The molecule has 0 unspecified atom stereocenters. The molecule has 0 spiro atoms. The Labute approximate surface area is 208 Å². The van der Waals surface area contributed by atoms with E-state index in [2.05, 4.69) is 12.2 Å². The monoisotopic (exact) mass is 499 g/mol. The third kappa shape index (κ3) is 6.51. The molecular formula is C26H29NO7S. The molecule has 0 aliphatic heterocycles. The summed E-state index contributed by atoms with van der Waals surface area (Å²) in [6, 6.07) is 11.0. The Morgan fingerprint density at radius 3 is 2.29 bits per heavy atom. The van der Waals surface area contributed by atoms with Crippen molar-refractivity contribution in [3.8, 4) is 5.75 Å². The minimum atomic E-state index is -0.634. The summed E-state index contributed by atoms with van der Waals surface area (Å²) in [6.45, 7) is 7.60. The predicted octanol–water partition coefficient (Wildman–Crippen LogP) is 5.79. The van der Waals surface area contributed by atoms with Crippen LogP contribution in [0.2, 0.25) is 0 Å². The molecule has 0 saturated heterocycles. The topological polar surface area (TPSA) is 104 Å². The fraction of sp³-hybridized carbons (Fsp3) is 0.346. The minimum Gasteiger partial charge on any atom is -0.486 e. The van der Waals surface area contributed by atoms with E-state index in [0.29, 0.717) is 17.1 Å². The first kappa shape index (κ1) is 26.0. The van der Waals surface area contributed by atoms with E-state index in [-0.39, 0.29) is 41.0 Å². The van der Waals surface area contributed by atoms with Gasteiger partial charge in [-0.05, 0) is 62.6 Å². The molecule has 0 bridgehead atoms. The van der Waals surface area contributed by atoms with Gasteiger partial charge in [0.05, 0.1) is 18.8 Å². The maximum Gasteiger partial charge on any atom is 0.348 e. The van der Waals surface area contributed by atoms with Gasteiger partial charge in [0.15, 0.2) is 5.76 Å². The van der Waals surface area contributed by atoms with E-state index in [1.54, 1.807) is 26.8 Å². The average molecular weight is 500 g/mol. The van der Waals surface area contributed by atoms with Gasteiger partial charge in [0, 0.05) is 0 Å². The highest BCUT2D eigenvalue weighted by atomic mass is 32.1. The summed E-state index contributed by atoms with van der Waals surface area (Å²) in [5.41, 5.74) is 1.75. The van der Waals surface area contributed by atoms with E-state index >= 15 is 0 Å². The van der Waals surface area contributed by atoms with Gasteiger partial charge in [0.1, 0.15) is 28.0 Å². The number of aryl methyl sites for hydroxylation is 1. The van der Waals surface area contributed by atoms with E-state index < -0.39 is 17.8 Å². The van der Waals surface area contributed by atoms with Crippen LogP contribution in [-0.4, -0.2) is 31.1 Å². The molecule has 1 aromatic carbocycles. The summed E-state index contributed by atoms with van der Waals surface area (Å²) in [5.74, 6) is -0.561. The lowest BCUT2D eigenvalue weighted by molar-refractivity contribution is 0.0527. The number of hydrogen-bond donors (Lipinski definition) is 1. The standard InChI is InChI=1S/C26H29NO7S/c1-5-8-17-9-11-18(12-10-17)33-15-19-13-14-20(34-19)23(28)27-24-21(25(29)31-6-2)16(4)22(35-24)26(30)32-7-3/h9-14H,5-8,15H2,1-4H3,(H,27,28). The number of ether oxygens (including phenoxy) is 3. The molecule has 0 aliphatic carbocycles. The molecule has 35 heavy (non-hydrogen) atoms. The van der Waals surface area contributed by atoms with E-state index in [0.717, 1.165) is 24.2 Å². The Kier molecular flexibility index (Phi) is 9.08. The highest BCUT2D eigenvalue weighted by Crippen LogP contribution is 2.34. The number of rotatable bonds is 11. The van der Waals surface area contributed by atoms with E-state index in [9.17, 15) is 14.4 Å². The Morgan fingerprint density at radius 2 is 1.63 bits per heavy atom. The van der Waals surface area contributed by atoms with Gasteiger partial charge in [-0.15, -0.1) is 11.3 Å². The summed E-state index contributed by atoms with van der Waals surface area (Å²) in [4.78, 5) is 37.9. The molecule has 3 rings (SSSR count). The molecule has 0 fully saturated rings. The van der Waals surface area contributed by atoms with Crippen molar-refractivity contribution in [2.45, 2.75) is 47.1 Å². The first-order valence-corrected chi connectivity index (χ1v) is 12.3. The van der Waals surface area contributed by atoms with Crippen molar-refractivity contribution in [2.24, 2.45) is 0 Å². The van der Waals surface area contributed by atoms with Crippen molar-refractivity contribution in [3.05, 3.63) is 69.5 Å². The van der Waals surface area contributed by atoms with Crippen LogP contribution in [0.3, 0.4) is 0 Å². The zero-order chi connectivity index (χ0) is 25.4. The number of esters is 2.